The molecule has 17 heteroatoms. The quantitative estimate of drug-likeness (QED) is 0.111. The van der Waals surface area contributed by atoms with Gasteiger partial charge in [-0.15, -0.1) is 11.3 Å². The topological polar surface area (TPSA) is 207 Å². The Morgan fingerprint density at radius 2 is 0.481 bits per heavy atom. The summed E-state index contributed by atoms with van der Waals surface area (Å²) in [5.74, 6) is 7.45. The smallest absolute Gasteiger partial charge is 0.231 e. The van der Waals surface area contributed by atoms with Gasteiger partial charge < -0.3 is 17.7 Å². The van der Waals surface area contributed by atoms with Crippen molar-refractivity contribution in [2.24, 2.45) is 0 Å². The molecule has 0 aliphatic rings. The third-order valence-corrected chi connectivity index (χ3v) is 24.5. The number of furan rings is 1. The predicted octanol–water partition coefficient (Wildman–Crippen LogP) is 28.9. The lowest BCUT2D eigenvalue weighted by atomic mass is 10.0. The highest BCUT2D eigenvalue weighted by Crippen LogP contribution is 2.44. The molecule has 26 rings (SSSR count). The zero-order valence-corrected chi connectivity index (χ0v) is 69.3. The summed E-state index contributed by atoms with van der Waals surface area (Å²) in [6, 6.07) is 134. The second kappa shape index (κ2) is 32.0. The number of aromatic nitrogens is 12. The number of hydrogen-bond donors (Lipinski definition) is 0. The molecule has 0 aliphatic carbocycles. The largest absolute Gasteiger partial charge is 0.455 e. The van der Waals surface area contributed by atoms with E-state index in [1.807, 2.05) is 261 Å². The molecular formula is C112H66N12O4S. The van der Waals surface area contributed by atoms with Gasteiger partial charge in [0.15, 0.2) is 69.2 Å². The van der Waals surface area contributed by atoms with Gasteiger partial charge in [0, 0.05) is 103 Å². The first-order valence-electron chi connectivity index (χ1n) is 42.3. The molecule has 0 bridgehead atoms. The van der Waals surface area contributed by atoms with Gasteiger partial charge in [0.2, 0.25) is 17.7 Å². The van der Waals surface area contributed by atoms with E-state index >= 15 is 0 Å². The summed E-state index contributed by atoms with van der Waals surface area (Å²) in [7, 11) is 0. The average Bonchev–Trinajstić information content (AvgIpc) is 1.50. The van der Waals surface area contributed by atoms with Crippen LogP contribution in [-0.4, -0.2) is 59.8 Å². The number of fused-ring (bicyclic) bond motifs is 16. The van der Waals surface area contributed by atoms with E-state index in [4.69, 9.17) is 77.5 Å². The summed E-state index contributed by atoms with van der Waals surface area (Å²) in [4.78, 5) is 58.8. The molecule has 0 N–H and O–H groups in total. The molecule has 8 heterocycles. The van der Waals surface area contributed by atoms with E-state index in [-0.39, 0.29) is 0 Å². The van der Waals surface area contributed by atoms with E-state index in [2.05, 4.69) is 140 Å². The first kappa shape index (κ1) is 75.2. The summed E-state index contributed by atoms with van der Waals surface area (Å²) >= 11 is 1.78. The summed E-state index contributed by atoms with van der Waals surface area (Å²) in [6.45, 7) is 0. The van der Waals surface area contributed by atoms with Crippen molar-refractivity contribution in [3.8, 4) is 137 Å². The molecule has 26 aromatic rings. The third-order valence-electron chi connectivity index (χ3n) is 23.3. The van der Waals surface area contributed by atoms with Crippen molar-refractivity contribution in [2.75, 3.05) is 0 Å². The van der Waals surface area contributed by atoms with Crippen molar-refractivity contribution in [3.05, 3.63) is 400 Å². The molecule has 0 amide bonds. The van der Waals surface area contributed by atoms with Crippen molar-refractivity contribution in [3.63, 3.8) is 0 Å². The lowest BCUT2D eigenvalue weighted by molar-refractivity contribution is 0.615. The van der Waals surface area contributed by atoms with Crippen LogP contribution >= 0.6 is 11.3 Å². The number of nitrogens with zero attached hydrogens (tertiary/aromatic N) is 12. The average molecular weight is 1680 g/mol. The number of para-hydroxylation sites is 2. The van der Waals surface area contributed by atoms with Crippen LogP contribution in [0.5, 0.6) is 0 Å². The van der Waals surface area contributed by atoms with Crippen molar-refractivity contribution in [1.29, 1.82) is 0 Å². The monoisotopic (exact) mass is 1670 g/mol. The van der Waals surface area contributed by atoms with Crippen LogP contribution in [0.4, 0.5) is 0 Å². The molecule has 0 fully saturated rings. The zero-order valence-electron chi connectivity index (χ0n) is 68.5. The Morgan fingerprint density at radius 3 is 0.907 bits per heavy atom. The lowest BCUT2D eigenvalue weighted by Crippen LogP contribution is -2.00. The number of thiophene rings is 1. The number of rotatable bonds is 12. The number of benzene rings is 18. The Kier molecular flexibility index (Phi) is 18.6. The predicted molar refractivity (Wildman–Crippen MR) is 518 cm³/mol. The van der Waals surface area contributed by atoms with Crippen LogP contribution < -0.4 is 0 Å². The Bertz CT molecular complexity index is 8300. The highest BCUT2D eigenvalue weighted by Gasteiger charge is 2.24. The minimum absolute atomic E-state index is 0.527. The molecule has 8 aromatic heterocycles. The zero-order chi connectivity index (χ0) is 85.2. The minimum Gasteiger partial charge on any atom is -0.455 e. The van der Waals surface area contributed by atoms with Crippen molar-refractivity contribution >= 4 is 130 Å². The molecule has 0 spiro atoms. The van der Waals surface area contributed by atoms with Gasteiger partial charge in [0.05, 0.1) is 11.1 Å². The first-order valence-corrected chi connectivity index (χ1v) is 43.1. The van der Waals surface area contributed by atoms with E-state index in [9.17, 15) is 0 Å². The Labute approximate surface area is 739 Å². The second-order valence-electron chi connectivity index (χ2n) is 31.3. The number of hydrogen-bond acceptors (Lipinski definition) is 17. The molecule has 0 saturated carbocycles. The molecule has 129 heavy (non-hydrogen) atoms. The SMILES string of the molecule is c1ccc(-c2nc(-c3ccccc3)nc(-c3ccc4c(ccc5oc(-c6cccc7c6oc6ccccc67)nc54)c3)n2)cc1.c1ccc(-c2nc(-c3ccccc3)nc(-c3ccc4c(ccc5oc(-c6cccc7c6sc6ccccc67)nc54)c3)n2)cc1.c1ccc(-c2nc(-c3ccccc3)nc(-c3ccc4c(ccc5oc(-c6cccc7ccccc67)nc54)c3)n2)cc1. The van der Waals surface area contributed by atoms with Gasteiger partial charge in [-0.25, -0.2) is 59.8 Å². The van der Waals surface area contributed by atoms with Gasteiger partial charge >= 0.3 is 0 Å². The van der Waals surface area contributed by atoms with Gasteiger partial charge in [-0.3, -0.25) is 0 Å². The maximum Gasteiger partial charge on any atom is 0.231 e. The molecule has 0 saturated heterocycles. The Morgan fingerprint density at radius 1 is 0.171 bits per heavy atom. The fourth-order valence-corrected chi connectivity index (χ4v) is 18.2. The Balaban J connectivity index is 0.000000108. The summed E-state index contributed by atoms with van der Waals surface area (Å²) in [5.41, 5.74) is 17.5. The molecule has 0 radical (unpaired) electrons. The van der Waals surface area contributed by atoms with E-state index in [1.54, 1.807) is 11.3 Å². The van der Waals surface area contributed by atoms with Gasteiger partial charge in [0.1, 0.15) is 27.7 Å². The van der Waals surface area contributed by atoms with E-state index in [0.29, 0.717) is 75.7 Å². The van der Waals surface area contributed by atoms with Gasteiger partial charge in [-0.05, 0) is 93.7 Å². The van der Waals surface area contributed by atoms with E-state index in [1.165, 1.54) is 20.2 Å². The summed E-state index contributed by atoms with van der Waals surface area (Å²) in [6.07, 6.45) is 0. The van der Waals surface area contributed by atoms with Crippen LogP contribution in [-0.2, 0) is 0 Å². The molecule has 0 aliphatic heterocycles. The van der Waals surface area contributed by atoms with Crippen LogP contribution in [0.1, 0.15) is 0 Å². The van der Waals surface area contributed by atoms with Crippen molar-refractivity contribution < 1.29 is 17.7 Å². The minimum atomic E-state index is 0.527. The fourth-order valence-electron chi connectivity index (χ4n) is 17.0. The van der Waals surface area contributed by atoms with Crippen LogP contribution in [0, 0.1) is 0 Å². The molecular weight excluding hydrogens is 1610 g/mol. The van der Waals surface area contributed by atoms with E-state index in [0.717, 1.165) is 160 Å². The third kappa shape index (κ3) is 14.1. The van der Waals surface area contributed by atoms with Crippen LogP contribution in [0.25, 0.3) is 255 Å². The summed E-state index contributed by atoms with van der Waals surface area (Å²) < 4.78 is 27.6. The second-order valence-corrected chi connectivity index (χ2v) is 32.4. The van der Waals surface area contributed by atoms with Gasteiger partial charge in [0.25, 0.3) is 0 Å². The first-order chi connectivity index (χ1) is 63.9. The van der Waals surface area contributed by atoms with E-state index < -0.39 is 0 Å². The highest BCUT2D eigenvalue weighted by molar-refractivity contribution is 7.26. The normalized spacial score (nSPS) is 11.6. The van der Waals surface area contributed by atoms with Crippen molar-refractivity contribution in [1.82, 2.24) is 59.8 Å². The standard InChI is InChI=1S/C38H22N4O2.C38H22N4OS.C36H22N4O/c1-3-10-23(11-4-1)35-40-36(24-12-5-2-6-13-24)42-37(41-35)26-18-20-27-25(22-26)19-21-32-33(27)39-38(44-32)30-16-9-15-29-28-14-7-8-17-31(28)43-34(29)30;1-3-10-23(11-4-1)35-40-36(24-12-5-2-6-13-24)42-37(41-35)26-18-20-27-25(22-26)19-21-31-33(27)39-38(43-31)30-16-9-15-29-28-14-7-8-17-32(28)44-34(29)30;1-3-11-24(12-4-1)33-38-34(25-13-5-2-6-14-25)40-35(39-33)27-18-20-29-26(22-27)19-21-31-32(29)37-36(41-31)30-17-9-15-23-10-7-8-16-28(23)30/h2*1-22H;1-22H. The molecule has 0 atom stereocenters. The van der Waals surface area contributed by atoms with Crippen LogP contribution in [0.3, 0.4) is 0 Å². The fraction of sp³-hybridized carbons (Fsp3) is 0. The lowest BCUT2D eigenvalue weighted by Gasteiger charge is -2.09. The molecule has 604 valence electrons. The highest BCUT2D eigenvalue weighted by atomic mass is 32.1. The summed E-state index contributed by atoms with van der Waals surface area (Å²) in [5, 5.41) is 13.0. The van der Waals surface area contributed by atoms with Crippen molar-refractivity contribution in [2.45, 2.75) is 0 Å². The van der Waals surface area contributed by atoms with Crippen LogP contribution in [0.2, 0.25) is 0 Å². The molecule has 18 aromatic carbocycles. The van der Waals surface area contributed by atoms with Gasteiger partial charge in [-0.2, -0.15) is 0 Å². The molecule has 0 unspecified atom stereocenters. The Hall–Kier alpha value is -17.5. The molecule has 16 nitrogen and oxygen atoms in total. The number of oxazole rings is 3. The van der Waals surface area contributed by atoms with Gasteiger partial charge in [-0.1, -0.05) is 334 Å². The maximum atomic E-state index is 6.37. The van der Waals surface area contributed by atoms with Crippen LogP contribution in [0.15, 0.2) is 418 Å². The maximum absolute atomic E-state index is 6.37.